The van der Waals surface area contributed by atoms with E-state index in [4.69, 9.17) is 0 Å². The van der Waals surface area contributed by atoms with Crippen LogP contribution in [0.5, 0.6) is 0 Å². The zero-order valence-electron chi connectivity index (χ0n) is 5.94. The minimum atomic E-state index is -0.978. The molecule has 0 bridgehead atoms. The summed E-state index contributed by atoms with van der Waals surface area (Å²) in [6.07, 6.45) is 0. The summed E-state index contributed by atoms with van der Waals surface area (Å²) in [7, 11) is 0. The first-order valence-electron chi connectivity index (χ1n) is 3.30. The Labute approximate surface area is 66.0 Å². The van der Waals surface area contributed by atoms with Crippen molar-refractivity contribution in [2.75, 3.05) is 0 Å². The lowest BCUT2D eigenvalue weighted by molar-refractivity contribution is 0.449. The third kappa shape index (κ3) is 0.934. The van der Waals surface area contributed by atoms with E-state index in [1.165, 1.54) is 0 Å². The maximum Gasteiger partial charge on any atom is 0.423 e. The van der Waals surface area contributed by atoms with E-state index in [-0.39, 0.29) is 11.2 Å². The van der Waals surface area contributed by atoms with Gasteiger partial charge in [0.25, 0.3) is 0 Å². The molecule has 2 rings (SSSR count). The van der Waals surface area contributed by atoms with Gasteiger partial charge in [0.15, 0.2) is 11.2 Å². The van der Waals surface area contributed by atoms with E-state index in [0.717, 1.165) is 0 Å². The summed E-state index contributed by atoms with van der Waals surface area (Å²) in [6, 6.07) is 6.48. The van der Waals surface area contributed by atoms with Gasteiger partial charge in [-0.2, -0.15) is 0 Å². The van der Waals surface area contributed by atoms with Crippen LogP contribution in [0.4, 0.5) is 0 Å². The number of para-hydroxylation sites is 2. The smallest absolute Gasteiger partial charge is 0.414 e. The maximum atomic E-state index is 10.7. The molecular formula is C8H4O4. The predicted molar refractivity (Wildman–Crippen MR) is 41.0 cm³/mol. The van der Waals surface area contributed by atoms with Gasteiger partial charge in [-0.25, -0.2) is 9.59 Å². The first-order chi connectivity index (χ1) is 5.77. The van der Waals surface area contributed by atoms with Gasteiger partial charge < -0.3 is 8.83 Å². The molecule has 0 aliphatic heterocycles. The number of hydrogen-bond acceptors (Lipinski definition) is 4. The normalized spacial score (nSPS) is 10.3. The standard InChI is InChI=1S/C8H4O4/c9-7-8(10)12-6-4-2-1-3-5(6)11-7/h1-4H. The van der Waals surface area contributed by atoms with Crippen molar-refractivity contribution in [3.63, 3.8) is 0 Å². The molecule has 1 aromatic heterocycles. The van der Waals surface area contributed by atoms with Crippen molar-refractivity contribution < 1.29 is 8.83 Å². The minimum absolute atomic E-state index is 0.280. The van der Waals surface area contributed by atoms with Gasteiger partial charge in [-0.3, -0.25) is 0 Å². The van der Waals surface area contributed by atoms with Gasteiger partial charge in [0.2, 0.25) is 0 Å². The highest BCUT2D eigenvalue weighted by molar-refractivity contribution is 5.68. The van der Waals surface area contributed by atoms with Crippen molar-refractivity contribution in [1.82, 2.24) is 0 Å². The Morgan fingerprint density at radius 3 is 1.67 bits per heavy atom. The molecule has 1 aromatic carbocycles. The molecule has 0 saturated heterocycles. The van der Waals surface area contributed by atoms with Crippen molar-refractivity contribution in [2.45, 2.75) is 0 Å². The van der Waals surface area contributed by atoms with Gasteiger partial charge in [0, 0.05) is 0 Å². The molecule has 2 aromatic rings. The van der Waals surface area contributed by atoms with E-state index < -0.39 is 11.3 Å². The summed E-state index contributed by atoms with van der Waals surface area (Å²) in [5, 5.41) is 0. The molecule has 0 fully saturated rings. The van der Waals surface area contributed by atoms with Gasteiger partial charge in [-0.15, -0.1) is 0 Å². The highest BCUT2D eigenvalue weighted by atomic mass is 16.5. The summed E-state index contributed by atoms with van der Waals surface area (Å²) < 4.78 is 9.26. The molecule has 4 nitrogen and oxygen atoms in total. The lowest BCUT2D eigenvalue weighted by Crippen LogP contribution is -2.20. The van der Waals surface area contributed by atoms with Crippen LogP contribution in [0.2, 0.25) is 0 Å². The fourth-order valence-corrected chi connectivity index (χ4v) is 0.902. The largest absolute Gasteiger partial charge is 0.423 e. The van der Waals surface area contributed by atoms with Gasteiger partial charge in [-0.1, -0.05) is 12.1 Å². The second-order valence-corrected chi connectivity index (χ2v) is 2.23. The fraction of sp³-hybridized carbons (Fsp3) is 0. The summed E-state index contributed by atoms with van der Waals surface area (Å²) in [5.41, 5.74) is -1.40. The molecule has 4 heteroatoms. The molecule has 0 unspecified atom stereocenters. The van der Waals surface area contributed by atoms with Gasteiger partial charge in [-0.05, 0) is 12.1 Å². The van der Waals surface area contributed by atoms with E-state index in [1.54, 1.807) is 24.3 Å². The van der Waals surface area contributed by atoms with Crippen LogP contribution in [-0.2, 0) is 0 Å². The monoisotopic (exact) mass is 164 g/mol. The van der Waals surface area contributed by atoms with E-state index >= 15 is 0 Å². The van der Waals surface area contributed by atoms with Crippen LogP contribution in [0.3, 0.4) is 0 Å². The second kappa shape index (κ2) is 2.34. The molecule has 0 spiro atoms. The Hall–Kier alpha value is -1.84. The Morgan fingerprint density at radius 1 is 0.833 bits per heavy atom. The first kappa shape index (κ1) is 6.84. The summed E-state index contributed by atoms with van der Waals surface area (Å²) in [4.78, 5) is 21.3. The number of rotatable bonds is 0. The van der Waals surface area contributed by atoms with Crippen LogP contribution in [0.15, 0.2) is 42.7 Å². The molecule has 0 aliphatic rings. The third-order valence-electron chi connectivity index (χ3n) is 1.42. The number of hydrogen-bond donors (Lipinski definition) is 0. The Kier molecular flexibility index (Phi) is 1.33. The lowest BCUT2D eigenvalue weighted by Gasteiger charge is -1.90. The van der Waals surface area contributed by atoms with Gasteiger partial charge in [0.05, 0.1) is 0 Å². The molecule has 60 valence electrons. The average molecular weight is 164 g/mol. The van der Waals surface area contributed by atoms with Crippen molar-refractivity contribution in [3.05, 3.63) is 45.1 Å². The fourth-order valence-electron chi connectivity index (χ4n) is 0.902. The Morgan fingerprint density at radius 2 is 1.25 bits per heavy atom. The van der Waals surface area contributed by atoms with Crippen molar-refractivity contribution in [3.8, 4) is 0 Å². The summed E-state index contributed by atoms with van der Waals surface area (Å²) in [6.45, 7) is 0. The molecule has 1 heterocycles. The molecule has 0 atom stereocenters. The van der Waals surface area contributed by atoms with E-state index in [9.17, 15) is 9.59 Å². The first-order valence-corrected chi connectivity index (χ1v) is 3.30. The van der Waals surface area contributed by atoms with Crippen LogP contribution >= 0.6 is 0 Å². The van der Waals surface area contributed by atoms with Gasteiger partial charge >= 0.3 is 11.3 Å². The lowest BCUT2D eigenvalue weighted by atomic mass is 10.3. The Balaban J connectivity index is 3.03. The topological polar surface area (TPSA) is 60.4 Å². The minimum Gasteiger partial charge on any atom is -0.414 e. The SMILES string of the molecule is O=c1oc2ccccc2oc1=O. The van der Waals surface area contributed by atoms with Gasteiger partial charge in [0.1, 0.15) is 0 Å². The molecule has 0 aliphatic carbocycles. The average Bonchev–Trinajstić information content (AvgIpc) is 2.07. The van der Waals surface area contributed by atoms with E-state index in [2.05, 4.69) is 8.83 Å². The van der Waals surface area contributed by atoms with E-state index in [1.807, 2.05) is 0 Å². The Bertz CT molecular complexity index is 472. The highest BCUT2D eigenvalue weighted by Crippen LogP contribution is 2.07. The van der Waals surface area contributed by atoms with Crippen LogP contribution in [0, 0.1) is 0 Å². The summed E-state index contributed by atoms with van der Waals surface area (Å²) in [5.74, 6) is 0. The molecular weight excluding hydrogens is 160 g/mol. The quantitative estimate of drug-likeness (QED) is 0.539. The molecule has 0 radical (unpaired) electrons. The highest BCUT2D eigenvalue weighted by Gasteiger charge is 2.01. The van der Waals surface area contributed by atoms with E-state index in [0.29, 0.717) is 0 Å². The van der Waals surface area contributed by atoms with Crippen molar-refractivity contribution >= 4 is 11.2 Å². The van der Waals surface area contributed by atoms with Crippen LogP contribution in [0.25, 0.3) is 11.2 Å². The van der Waals surface area contributed by atoms with Crippen molar-refractivity contribution in [1.29, 1.82) is 0 Å². The van der Waals surface area contributed by atoms with Crippen LogP contribution in [0.1, 0.15) is 0 Å². The number of fused-ring (bicyclic) bond motifs is 1. The van der Waals surface area contributed by atoms with Crippen LogP contribution in [-0.4, -0.2) is 0 Å². The molecule has 0 amide bonds. The van der Waals surface area contributed by atoms with Crippen LogP contribution < -0.4 is 11.3 Å². The molecule has 0 saturated carbocycles. The number of benzene rings is 1. The maximum absolute atomic E-state index is 10.7. The summed E-state index contributed by atoms with van der Waals surface area (Å²) >= 11 is 0. The molecule has 0 N–H and O–H groups in total. The second-order valence-electron chi connectivity index (χ2n) is 2.23. The zero-order valence-corrected chi connectivity index (χ0v) is 5.94. The zero-order chi connectivity index (χ0) is 8.55. The van der Waals surface area contributed by atoms with Crippen molar-refractivity contribution in [2.24, 2.45) is 0 Å². The third-order valence-corrected chi connectivity index (χ3v) is 1.42. The predicted octanol–water partition coefficient (Wildman–Crippen LogP) is 0.746. The molecule has 12 heavy (non-hydrogen) atoms.